The van der Waals surface area contributed by atoms with Crippen LogP contribution in [0.15, 0.2) is 48.5 Å². The molecule has 1 amide bonds. The molecule has 1 N–H and O–H groups in total. The second-order valence-corrected chi connectivity index (χ2v) is 8.15. The maximum atomic E-state index is 12.6. The zero-order valence-corrected chi connectivity index (χ0v) is 17.2. The Morgan fingerprint density at radius 2 is 1.97 bits per heavy atom. The Labute approximate surface area is 176 Å². The van der Waals surface area contributed by atoms with Crippen LogP contribution in [0.1, 0.15) is 39.5 Å². The standard InChI is InChI=1S/C22H18N4O3S/c1-12-19-15(13-7-9-14(10-8-13)21(28)29-2)11-18(27)24-20(19)26(25-12)22-23-16-5-3-4-6-17(16)30-22/h3-10,15H,11H2,1-2H3,(H,24,27)/t15-/m0/s1. The molecular weight excluding hydrogens is 400 g/mol. The van der Waals surface area contributed by atoms with Gasteiger partial charge in [0.15, 0.2) is 0 Å². The number of methoxy groups -OCH3 is 1. The summed E-state index contributed by atoms with van der Waals surface area (Å²) in [7, 11) is 1.35. The minimum absolute atomic E-state index is 0.0770. The molecule has 0 saturated carbocycles. The van der Waals surface area contributed by atoms with Crippen molar-refractivity contribution < 1.29 is 14.3 Å². The van der Waals surface area contributed by atoms with Crippen LogP contribution >= 0.6 is 11.3 Å². The van der Waals surface area contributed by atoms with Crippen LogP contribution in [0.3, 0.4) is 0 Å². The number of para-hydroxylation sites is 1. The average Bonchev–Trinajstić information content (AvgIpc) is 3.33. The summed E-state index contributed by atoms with van der Waals surface area (Å²) in [5, 5.41) is 8.40. The number of fused-ring (bicyclic) bond motifs is 2. The van der Waals surface area contributed by atoms with Crippen LogP contribution in [0.25, 0.3) is 15.3 Å². The number of carbonyl (C=O) groups is 2. The number of thiazole rings is 1. The van der Waals surface area contributed by atoms with Crippen molar-refractivity contribution in [2.24, 2.45) is 0 Å². The summed E-state index contributed by atoms with van der Waals surface area (Å²) in [4.78, 5) is 29.0. The zero-order valence-electron chi connectivity index (χ0n) is 16.4. The van der Waals surface area contributed by atoms with Crippen molar-refractivity contribution >= 4 is 39.2 Å². The number of rotatable bonds is 3. The summed E-state index contributed by atoms with van der Waals surface area (Å²) >= 11 is 1.53. The first-order chi connectivity index (χ1) is 14.5. The quantitative estimate of drug-likeness (QED) is 0.507. The number of esters is 1. The third-order valence-electron chi connectivity index (χ3n) is 5.30. The predicted molar refractivity (Wildman–Crippen MR) is 114 cm³/mol. The van der Waals surface area contributed by atoms with Crippen LogP contribution in [0.2, 0.25) is 0 Å². The van der Waals surface area contributed by atoms with E-state index in [9.17, 15) is 9.59 Å². The lowest BCUT2D eigenvalue weighted by molar-refractivity contribution is -0.116. The number of aryl methyl sites for hydroxylation is 1. The van der Waals surface area contributed by atoms with E-state index in [1.54, 1.807) is 16.8 Å². The SMILES string of the molecule is COC(=O)c1ccc([C@@H]2CC(=O)Nc3c2c(C)nn3-c2nc3ccccc3s2)cc1. The van der Waals surface area contributed by atoms with Crippen molar-refractivity contribution in [2.45, 2.75) is 19.3 Å². The van der Waals surface area contributed by atoms with Gasteiger partial charge in [0, 0.05) is 17.9 Å². The fraction of sp³-hybridized carbons (Fsp3) is 0.182. The van der Waals surface area contributed by atoms with Crippen molar-refractivity contribution in [1.29, 1.82) is 0 Å². The minimum atomic E-state index is -0.386. The highest BCUT2D eigenvalue weighted by molar-refractivity contribution is 7.20. The van der Waals surface area contributed by atoms with Crippen LogP contribution in [0.5, 0.6) is 0 Å². The number of amides is 1. The second kappa shape index (κ2) is 7.07. The van der Waals surface area contributed by atoms with Crippen LogP contribution in [0.4, 0.5) is 5.82 Å². The van der Waals surface area contributed by atoms with E-state index in [1.807, 2.05) is 43.3 Å². The molecule has 2 aromatic carbocycles. The van der Waals surface area contributed by atoms with E-state index in [-0.39, 0.29) is 17.8 Å². The molecule has 5 rings (SSSR count). The van der Waals surface area contributed by atoms with Crippen LogP contribution in [0, 0.1) is 6.92 Å². The van der Waals surface area contributed by atoms with E-state index >= 15 is 0 Å². The molecule has 0 fully saturated rings. The Hall–Kier alpha value is -3.52. The van der Waals surface area contributed by atoms with Gasteiger partial charge in [-0.1, -0.05) is 35.6 Å². The lowest BCUT2D eigenvalue weighted by Gasteiger charge is -2.24. The van der Waals surface area contributed by atoms with Gasteiger partial charge < -0.3 is 10.1 Å². The highest BCUT2D eigenvalue weighted by Gasteiger charge is 2.33. The largest absolute Gasteiger partial charge is 0.465 e. The first kappa shape index (κ1) is 18.5. The van der Waals surface area contributed by atoms with Crippen LogP contribution in [-0.4, -0.2) is 33.8 Å². The van der Waals surface area contributed by atoms with Gasteiger partial charge in [0.2, 0.25) is 11.0 Å². The molecule has 0 saturated heterocycles. The minimum Gasteiger partial charge on any atom is -0.465 e. The van der Waals surface area contributed by atoms with Crippen molar-refractivity contribution in [1.82, 2.24) is 14.8 Å². The Morgan fingerprint density at radius 1 is 1.20 bits per heavy atom. The van der Waals surface area contributed by atoms with E-state index in [4.69, 9.17) is 9.84 Å². The Balaban J connectivity index is 1.60. The highest BCUT2D eigenvalue weighted by Crippen LogP contribution is 2.41. The van der Waals surface area contributed by atoms with Crippen molar-refractivity contribution in [3.8, 4) is 5.13 Å². The highest BCUT2D eigenvalue weighted by atomic mass is 32.1. The predicted octanol–water partition coefficient (Wildman–Crippen LogP) is 4.05. The van der Waals surface area contributed by atoms with Gasteiger partial charge in [-0.25, -0.2) is 9.78 Å². The summed E-state index contributed by atoms with van der Waals surface area (Å²) in [5.41, 5.74) is 4.14. The molecule has 1 aliphatic heterocycles. The van der Waals surface area contributed by atoms with E-state index in [0.29, 0.717) is 22.9 Å². The normalized spacial score (nSPS) is 15.7. The van der Waals surface area contributed by atoms with Gasteiger partial charge in [0.25, 0.3) is 0 Å². The number of anilines is 1. The molecule has 150 valence electrons. The van der Waals surface area contributed by atoms with Gasteiger partial charge in [-0.05, 0) is 36.8 Å². The fourth-order valence-electron chi connectivity index (χ4n) is 3.89. The Bertz CT molecular complexity index is 1260. The number of nitrogens with zero attached hydrogens (tertiary/aromatic N) is 3. The number of aromatic nitrogens is 3. The van der Waals surface area contributed by atoms with E-state index in [0.717, 1.165) is 27.0 Å². The van der Waals surface area contributed by atoms with E-state index in [1.165, 1.54) is 18.4 Å². The smallest absolute Gasteiger partial charge is 0.337 e. The second-order valence-electron chi connectivity index (χ2n) is 7.14. The third kappa shape index (κ3) is 2.96. The average molecular weight is 418 g/mol. The zero-order chi connectivity index (χ0) is 20.8. The molecule has 0 unspecified atom stereocenters. The third-order valence-corrected chi connectivity index (χ3v) is 6.31. The number of hydrogen-bond acceptors (Lipinski definition) is 6. The topological polar surface area (TPSA) is 86.1 Å². The maximum Gasteiger partial charge on any atom is 0.337 e. The van der Waals surface area contributed by atoms with Crippen LogP contribution in [-0.2, 0) is 9.53 Å². The molecule has 4 aromatic rings. The summed E-state index contributed by atoms with van der Waals surface area (Å²) in [6.45, 7) is 1.94. The van der Waals surface area contributed by atoms with Crippen molar-refractivity contribution in [3.05, 3.63) is 70.9 Å². The first-order valence-corrected chi connectivity index (χ1v) is 10.3. The molecule has 0 aliphatic carbocycles. The summed E-state index contributed by atoms with van der Waals surface area (Å²) in [6, 6.07) is 15.1. The van der Waals surface area contributed by atoms with E-state index < -0.39 is 0 Å². The van der Waals surface area contributed by atoms with Gasteiger partial charge in [-0.2, -0.15) is 9.78 Å². The molecule has 8 heteroatoms. The lowest BCUT2D eigenvalue weighted by Crippen LogP contribution is -2.25. The van der Waals surface area contributed by atoms with E-state index in [2.05, 4.69) is 10.3 Å². The van der Waals surface area contributed by atoms with Crippen molar-refractivity contribution in [2.75, 3.05) is 12.4 Å². The molecule has 2 aromatic heterocycles. The molecule has 1 aliphatic rings. The van der Waals surface area contributed by atoms with Crippen LogP contribution < -0.4 is 5.32 Å². The summed E-state index contributed by atoms with van der Waals surface area (Å²) in [5.74, 6) is 0.0451. The molecule has 30 heavy (non-hydrogen) atoms. The lowest BCUT2D eigenvalue weighted by atomic mass is 9.85. The first-order valence-electron chi connectivity index (χ1n) is 9.48. The molecule has 1 atom stereocenters. The number of ether oxygens (including phenoxy) is 1. The molecular formula is C22H18N4O3S. The maximum absolute atomic E-state index is 12.6. The molecule has 0 radical (unpaired) electrons. The Kier molecular flexibility index (Phi) is 4.36. The molecule has 7 nitrogen and oxygen atoms in total. The summed E-state index contributed by atoms with van der Waals surface area (Å²) < 4.78 is 7.56. The number of nitrogens with one attached hydrogen (secondary N) is 1. The monoisotopic (exact) mass is 418 g/mol. The summed E-state index contributed by atoms with van der Waals surface area (Å²) in [6.07, 6.45) is 0.316. The van der Waals surface area contributed by atoms with Gasteiger partial charge in [0.05, 0.1) is 28.6 Å². The van der Waals surface area contributed by atoms with Gasteiger partial charge in [0.1, 0.15) is 5.82 Å². The molecule has 0 bridgehead atoms. The number of benzene rings is 2. The Morgan fingerprint density at radius 3 is 2.70 bits per heavy atom. The van der Waals surface area contributed by atoms with Gasteiger partial charge in [-0.15, -0.1) is 0 Å². The number of carbonyl (C=O) groups excluding carboxylic acids is 2. The molecule has 0 spiro atoms. The van der Waals surface area contributed by atoms with Gasteiger partial charge >= 0.3 is 5.97 Å². The fourth-order valence-corrected chi connectivity index (χ4v) is 4.81. The van der Waals surface area contributed by atoms with Crippen molar-refractivity contribution in [3.63, 3.8) is 0 Å². The number of hydrogen-bond donors (Lipinski definition) is 1. The molecule has 3 heterocycles. The van der Waals surface area contributed by atoms with Gasteiger partial charge in [-0.3, -0.25) is 4.79 Å².